The Labute approximate surface area is 284 Å². The number of oxime groups is 1. The number of esters is 1. The average Bonchev–Trinajstić information content (AvgIpc) is 3.56. The van der Waals surface area contributed by atoms with Gasteiger partial charge in [0.1, 0.15) is 30.6 Å². The molecule has 0 spiro atoms. The van der Waals surface area contributed by atoms with Gasteiger partial charge in [0, 0.05) is 49.1 Å². The lowest BCUT2D eigenvalue weighted by Gasteiger charge is -2.27. The highest BCUT2D eigenvalue weighted by Crippen LogP contribution is 2.20. The minimum atomic E-state index is -1.18. The summed E-state index contributed by atoms with van der Waals surface area (Å²) in [5.74, 6) is -1.56. The van der Waals surface area contributed by atoms with Crippen molar-refractivity contribution >= 4 is 29.1 Å². The molecule has 48 heavy (non-hydrogen) atoms. The molecule has 0 fully saturated rings. The number of aliphatic imine (C=N–C) groups is 1. The second kappa shape index (κ2) is 18.7. The van der Waals surface area contributed by atoms with Crippen LogP contribution in [-0.2, 0) is 40.0 Å². The SMILES string of the molecule is CC(=O)N=C(C(C)C)C(C)C(C)OC/C(COC(C)(C)CCC(=O)C(C)C(=O)OCC(C)(C)O)=N\OCc1ccc(-n2cccn2)nc1. The molecule has 1 N–H and O–H groups in total. The summed E-state index contributed by atoms with van der Waals surface area (Å²) in [6.45, 7) is 17.6. The van der Waals surface area contributed by atoms with E-state index in [0.29, 0.717) is 18.0 Å². The number of ether oxygens (including phenoxy) is 3. The van der Waals surface area contributed by atoms with Gasteiger partial charge in [-0.15, -0.1) is 0 Å². The molecule has 0 saturated carbocycles. The number of carbonyl (C=O) groups is 3. The molecule has 0 bridgehead atoms. The lowest BCUT2D eigenvalue weighted by molar-refractivity contribution is -0.157. The van der Waals surface area contributed by atoms with Crippen molar-refractivity contribution in [2.45, 2.75) is 106 Å². The normalized spacial score (nSPS) is 14.8. The van der Waals surface area contributed by atoms with Crippen molar-refractivity contribution in [3.05, 3.63) is 42.4 Å². The van der Waals surface area contributed by atoms with Crippen LogP contribution in [-0.4, -0.2) is 86.1 Å². The van der Waals surface area contributed by atoms with Crippen molar-refractivity contribution in [2.24, 2.45) is 27.9 Å². The molecule has 0 aliphatic heterocycles. The first kappa shape index (κ1) is 40.4. The van der Waals surface area contributed by atoms with Crippen LogP contribution < -0.4 is 0 Å². The van der Waals surface area contributed by atoms with Crippen LogP contribution in [0.3, 0.4) is 0 Å². The minimum Gasteiger partial charge on any atom is -0.462 e. The zero-order valence-corrected chi connectivity index (χ0v) is 30.1. The fourth-order valence-electron chi connectivity index (χ4n) is 4.38. The Morgan fingerprint density at radius 1 is 1.04 bits per heavy atom. The molecule has 2 aromatic heterocycles. The van der Waals surface area contributed by atoms with Gasteiger partial charge in [-0.05, 0) is 66.0 Å². The number of aliphatic hydroxyl groups is 1. The van der Waals surface area contributed by atoms with Gasteiger partial charge < -0.3 is 24.2 Å². The topological polar surface area (TPSA) is 164 Å². The molecule has 13 heteroatoms. The van der Waals surface area contributed by atoms with Gasteiger partial charge in [0.25, 0.3) is 0 Å². The van der Waals surface area contributed by atoms with Crippen LogP contribution in [0.25, 0.3) is 5.82 Å². The van der Waals surface area contributed by atoms with Crippen LogP contribution in [0.2, 0.25) is 0 Å². The molecule has 2 rings (SSSR count). The Morgan fingerprint density at radius 2 is 1.75 bits per heavy atom. The fourth-order valence-corrected chi connectivity index (χ4v) is 4.38. The molecule has 0 saturated heterocycles. The number of hydrogen-bond acceptors (Lipinski definition) is 11. The van der Waals surface area contributed by atoms with E-state index in [1.54, 1.807) is 23.3 Å². The predicted octanol–water partition coefficient (Wildman–Crippen LogP) is 4.92. The molecule has 0 aliphatic rings. The van der Waals surface area contributed by atoms with E-state index in [1.807, 2.05) is 59.7 Å². The summed E-state index contributed by atoms with van der Waals surface area (Å²) in [5.41, 5.74) is 0.104. The number of aromatic nitrogens is 3. The number of rotatable bonds is 20. The number of ketones is 1. The minimum absolute atomic E-state index is 0.0561. The van der Waals surface area contributed by atoms with Gasteiger partial charge in [-0.3, -0.25) is 14.4 Å². The van der Waals surface area contributed by atoms with E-state index in [2.05, 4.69) is 20.2 Å². The van der Waals surface area contributed by atoms with Gasteiger partial charge in [0.15, 0.2) is 5.82 Å². The maximum Gasteiger partial charge on any atom is 0.316 e. The second-order valence-corrected chi connectivity index (χ2v) is 13.6. The Balaban J connectivity index is 2.07. The largest absolute Gasteiger partial charge is 0.462 e. The number of Topliss-reactive ketones (excluding diaryl/α,β-unsaturated/α-hetero) is 1. The van der Waals surface area contributed by atoms with Gasteiger partial charge in [0.05, 0.1) is 30.5 Å². The van der Waals surface area contributed by atoms with E-state index in [4.69, 9.17) is 19.0 Å². The number of amides is 1. The molecule has 0 radical (unpaired) electrons. The van der Waals surface area contributed by atoms with Crippen LogP contribution in [0.15, 0.2) is 46.9 Å². The zero-order chi connectivity index (χ0) is 36.1. The molecule has 13 nitrogen and oxygen atoms in total. The van der Waals surface area contributed by atoms with E-state index in [-0.39, 0.29) is 62.5 Å². The summed E-state index contributed by atoms with van der Waals surface area (Å²) < 4.78 is 19.1. The maximum atomic E-state index is 12.7. The smallest absolute Gasteiger partial charge is 0.316 e. The van der Waals surface area contributed by atoms with E-state index in [9.17, 15) is 19.5 Å². The lowest BCUT2D eigenvalue weighted by Crippen LogP contribution is -2.34. The summed E-state index contributed by atoms with van der Waals surface area (Å²) in [5, 5.41) is 18.3. The number of carbonyl (C=O) groups excluding carboxylic acids is 3. The molecular weight excluding hydrogens is 618 g/mol. The maximum absolute atomic E-state index is 12.7. The van der Waals surface area contributed by atoms with Crippen molar-refractivity contribution in [3.63, 3.8) is 0 Å². The van der Waals surface area contributed by atoms with Crippen LogP contribution in [0.5, 0.6) is 0 Å². The summed E-state index contributed by atoms with van der Waals surface area (Å²) in [7, 11) is 0. The predicted molar refractivity (Wildman–Crippen MR) is 182 cm³/mol. The Hall–Kier alpha value is -3.81. The summed E-state index contributed by atoms with van der Waals surface area (Å²) in [6, 6.07) is 5.52. The first-order valence-electron chi connectivity index (χ1n) is 16.3. The molecular formula is C35H53N5O8. The van der Waals surface area contributed by atoms with E-state index >= 15 is 0 Å². The molecule has 0 aromatic carbocycles. The molecule has 266 valence electrons. The average molecular weight is 672 g/mol. The second-order valence-electron chi connectivity index (χ2n) is 13.6. The summed E-state index contributed by atoms with van der Waals surface area (Å²) in [6.07, 6.45) is 5.31. The van der Waals surface area contributed by atoms with Crippen LogP contribution in [0.4, 0.5) is 0 Å². The quantitative estimate of drug-likeness (QED) is 0.0885. The molecule has 2 heterocycles. The third kappa shape index (κ3) is 14.5. The Bertz CT molecular complexity index is 1380. The molecule has 0 aliphatic carbocycles. The van der Waals surface area contributed by atoms with Crippen molar-refractivity contribution in [1.29, 1.82) is 0 Å². The summed E-state index contributed by atoms with van der Waals surface area (Å²) >= 11 is 0. The first-order valence-corrected chi connectivity index (χ1v) is 16.3. The highest BCUT2D eigenvalue weighted by molar-refractivity contribution is 5.98. The first-order chi connectivity index (χ1) is 22.4. The Morgan fingerprint density at radius 3 is 2.31 bits per heavy atom. The van der Waals surface area contributed by atoms with Crippen LogP contribution in [0, 0.1) is 17.8 Å². The van der Waals surface area contributed by atoms with Gasteiger partial charge >= 0.3 is 5.97 Å². The molecule has 3 atom stereocenters. The number of hydrogen-bond donors (Lipinski definition) is 1. The van der Waals surface area contributed by atoms with E-state index in [0.717, 1.165) is 11.3 Å². The number of nitrogens with zero attached hydrogens (tertiary/aromatic N) is 5. The lowest BCUT2D eigenvalue weighted by atomic mass is 9.91. The van der Waals surface area contributed by atoms with Crippen LogP contribution in [0.1, 0.15) is 87.6 Å². The molecule has 1 amide bonds. The van der Waals surface area contributed by atoms with Crippen LogP contribution >= 0.6 is 0 Å². The van der Waals surface area contributed by atoms with Gasteiger partial charge in [-0.1, -0.05) is 32.0 Å². The third-order valence-electron chi connectivity index (χ3n) is 7.54. The molecule has 3 unspecified atom stereocenters. The van der Waals surface area contributed by atoms with Gasteiger partial charge in [-0.25, -0.2) is 14.7 Å². The van der Waals surface area contributed by atoms with E-state index in [1.165, 1.54) is 27.7 Å². The van der Waals surface area contributed by atoms with Crippen molar-refractivity contribution < 1.29 is 38.5 Å². The van der Waals surface area contributed by atoms with Crippen molar-refractivity contribution in [3.8, 4) is 5.82 Å². The molecule has 2 aromatic rings. The zero-order valence-electron chi connectivity index (χ0n) is 30.1. The monoisotopic (exact) mass is 671 g/mol. The van der Waals surface area contributed by atoms with Crippen molar-refractivity contribution in [2.75, 3.05) is 19.8 Å². The highest BCUT2D eigenvalue weighted by Gasteiger charge is 2.28. The standard InChI is InChI=1S/C35H53N5O8/c1-23(2)32(38-27(6)41)24(3)26(5)45-20-29(39-48-19-28-12-13-31(36-18-28)40-17-11-16-37-40)21-47-35(9,10)15-14-30(42)25(4)33(43)46-22-34(7,8)44/h11-13,16-18,23-26,44H,14-15,19-22H2,1-10H3/b38-32?,39-29+. The van der Waals surface area contributed by atoms with Crippen molar-refractivity contribution in [1.82, 2.24) is 14.8 Å². The number of pyridine rings is 1. The fraction of sp³-hybridized carbons (Fsp3) is 0.629. The highest BCUT2D eigenvalue weighted by atomic mass is 16.6. The van der Waals surface area contributed by atoms with E-state index < -0.39 is 23.1 Å². The van der Waals surface area contributed by atoms with Gasteiger partial charge in [0.2, 0.25) is 5.91 Å². The third-order valence-corrected chi connectivity index (χ3v) is 7.54. The van der Waals surface area contributed by atoms with Gasteiger partial charge in [-0.2, -0.15) is 5.10 Å². The Kier molecular flexibility index (Phi) is 15.7. The summed E-state index contributed by atoms with van der Waals surface area (Å²) in [4.78, 5) is 51.1.